The molecule has 0 spiro atoms. The van der Waals surface area contributed by atoms with Crippen molar-refractivity contribution in [3.8, 4) is 0 Å². The zero-order chi connectivity index (χ0) is 7.49. The average molecular weight is 154 g/mol. The predicted molar refractivity (Wildman–Crippen MR) is 20.8 cm³/mol. The van der Waals surface area contributed by atoms with E-state index < -0.39 is 14.1 Å². The van der Waals surface area contributed by atoms with Gasteiger partial charge in [-0.1, -0.05) is 0 Å². The second-order valence-electron chi connectivity index (χ2n) is 1.08. The van der Waals surface area contributed by atoms with Crippen LogP contribution in [0.25, 0.3) is 0 Å². The Kier molecular flexibility index (Phi) is 2.96. The highest BCUT2D eigenvalue weighted by atomic mass is 31.2. The first-order chi connectivity index (χ1) is 3.95. The molecular weight excluding hydrogens is 151 g/mol. The molecule has 0 aromatic carbocycles. The quantitative estimate of drug-likeness (QED) is 0.270. The van der Waals surface area contributed by atoms with Gasteiger partial charge in [0.25, 0.3) is 0 Å². The minimum absolute atomic E-state index is 0.220. The molecule has 1 atom stereocenters. The average Bonchev–Trinajstić information content (AvgIpc) is 1.62. The van der Waals surface area contributed by atoms with E-state index in [1.165, 1.54) is 0 Å². The first kappa shape index (κ1) is 8.74. The van der Waals surface area contributed by atoms with Crippen molar-refractivity contribution in [2.45, 2.75) is 6.29 Å². The van der Waals surface area contributed by atoms with E-state index in [2.05, 4.69) is 4.52 Å². The summed E-state index contributed by atoms with van der Waals surface area (Å²) in [5, 5.41) is 8.03. The minimum atomic E-state index is -5.22. The van der Waals surface area contributed by atoms with E-state index >= 15 is 0 Å². The summed E-state index contributed by atoms with van der Waals surface area (Å²) in [5.74, 6) is 0. The molecule has 54 valence electrons. The summed E-state index contributed by atoms with van der Waals surface area (Å²) < 4.78 is 12.8. The van der Waals surface area contributed by atoms with Gasteiger partial charge in [-0.3, -0.25) is 4.79 Å². The highest BCUT2D eigenvalue weighted by Gasteiger charge is 2.01. The minimum Gasteiger partial charge on any atom is -0.790 e. The van der Waals surface area contributed by atoms with E-state index in [0.717, 1.165) is 0 Å². The number of carbonyl (C=O) groups excluding carboxylic acids is 1. The lowest BCUT2D eigenvalue weighted by atomic mass is 10.8. The van der Waals surface area contributed by atoms with E-state index in [9.17, 15) is 19.1 Å². The van der Waals surface area contributed by atoms with Gasteiger partial charge in [-0.15, -0.1) is 0 Å². The number of phosphoric acid groups is 1. The molecule has 0 saturated heterocycles. The summed E-state index contributed by atoms with van der Waals surface area (Å²) in [7, 11) is -5.22. The SMILES string of the molecule is O=CC(O)OP(=O)([O-])[O-]. The molecule has 0 aliphatic carbocycles. The second-order valence-corrected chi connectivity index (χ2v) is 2.18. The number of aldehydes is 1. The maximum absolute atomic E-state index is 9.53. The largest absolute Gasteiger partial charge is 0.790 e. The maximum Gasteiger partial charge on any atom is 0.216 e. The van der Waals surface area contributed by atoms with Crippen LogP contribution >= 0.6 is 7.82 Å². The highest BCUT2D eigenvalue weighted by Crippen LogP contribution is 2.25. The van der Waals surface area contributed by atoms with Crippen LogP contribution in [0.5, 0.6) is 0 Å². The van der Waals surface area contributed by atoms with E-state index in [1.807, 2.05) is 0 Å². The number of aliphatic hydroxyl groups is 1. The molecule has 1 N–H and O–H groups in total. The van der Waals surface area contributed by atoms with Crippen LogP contribution in [-0.2, 0) is 13.9 Å². The lowest BCUT2D eigenvalue weighted by Gasteiger charge is -2.28. The van der Waals surface area contributed by atoms with Crippen LogP contribution in [0.1, 0.15) is 0 Å². The zero-order valence-electron chi connectivity index (χ0n) is 4.09. The van der Waals surface area contributed by atoms with Gasteiger partial charge in [0.1, 0.15) is 0 Å². The first-order valence-corrected chi connectivity index (χ1v) is 3.25. The molecule has 0 aromatic rings. The molecule has 0 saturated carbocycles. The fourth-order valence-corrected chi connectivity index (χ4v) is 0.471. The lowest BCUT2D eigenvalue weighted by molar-refractivity contribution is -0.348. The number of phosphoric ester groups is 1. The van der Waals surface area contributed by atoms with Gasteiger partial charge in [-0.2, -0.15) is 0 Å². The number of carbonyl (C=O) groups is 1. The first-order valence-electron chi connectivity index (χ1n) is 1.79. The van der Waals surface area contributed by atoms with Gasteiger partial charge in [0, 0.05) is 0 Å². The molecule has 7 heteroatoms. The standard InChI is InChI=1S/C2H5O6P/c3-1-2(4)8-9(5,6)7/h1-2,4H,(H2,5,6,7)/p-2. The van der Waals surface area contributed by atoms with Crippen LogP contribution in [0.4, 0.5) is 0 Å². The Bertz CT molecular complexity index is 136. The molecule has 0 amide bonds. The Morgan fingerprint density at radius 2 is 2.11 bits per heavy atom. The summed E-state index contributed by atoms with van der Waals surface area (Å²) in [6.45, 7) is 0. The molecule has 0 fully saturated rings. The van der Waals surface area contributed by atoms with Crippen LogP contribution < -0.4 is 9.79 Å². The molecule has 0 aliphatic heterocycles. The van der Waals surface area contributed by atoms with Crippen molar-refractivity contribution in [1.82, 2.24) is 0 Å². The summed E-state index contributed by atoms with van der Waals surface area (Å²) in [4.78, 5) is 28.5. The monoisotopic (exact) mass is 154 g/mol. The number of aliphatic hydroxyl groups excluding tert-OH is 1. The fraction of sp³-hybridized carbons (Fsp3) is 0.500. The smallest absolute Gasteiger partial charge is 0.216 e. The van der Waals surface area contributed by atoms with E-state index in [1.54, 1.807) is 0 Å². The van der Waals surface area contributed by atoms with E-state index in [-0.39, 0.29) is 6.29 Å². The van der Waals surface area contributed by atoms with Gasteiger partial charge in [0.05, 0.1) is 7.82 Å². The molecule has 0 heterocycles. The van der Waals surface area contributed by atoms with Crippen LogP contribution in [0.15, 0.2) is 0 Å². The Balaban J connectivity index is 3.74. The third-order valence-electron chi connectivity index (χ3n) is 0.354. The third kappa shape index (κ3) is 5.61. The van der Waals surface area contributed by atoms with Crippen molar-refractivity contribution < 1.29 is 28.8 Å². The third-order valence-corrected chi connectivity index (χ3v) is 0.828. The molecule has 0 radical (unpaired) electrons. The van der Waals surface area contributed by atoms with Crippen LogP contribution in [0.2, 0.25) is 0 Å². The van der Waals surface area contributed by atoms with Crippen molar-refractivity contribution >= 4 is 14.1 Å². The van der Waals surface area contributed by atoms with Gasteiger partial charge >= 0.3 is 0 Å². The topological polar surface area (TPSA) is 110 Å². The summed E-state index contributed by atoms with van der Waals surface area (Å²) >= 11 is 0. The molecule has 0 bridgehead atoms. The second kappa shape index (κ2) is 3.05. The predicted octanol–water partition coefficient (Wildman–Crippen LogP) is -2.65. The molecule has 0 rings (SSSR count). The van der Waals surface area contributed by atoms with Crippen molar-refractivity contribution in [1.29, 1.82) is 0 Å². The number of rotatable bonds is 3. The number of hydrogen-bond donors (Lipinski definition) is 1. The highest BCUT2D eigenvalue weighted by molar-refractivity contribution is 7.43. The summed E-state index contributed by atoms with van der Waals surface area (Å²) in [6, 6.07) is 0. The Morgan fingerprint density at radius 1 is 1.67 bits per heavy atom. The van der Waals surface area contributed by atoms with Gasteiger partial charge in [0.15, 0.2) is 6.29 Å². The summed E-state index contributed by atoms with van der Waals surface area (Å²) in [6.07, 6.45) is -2.39. The maximum atomic E-state index is 9.53. The van der Waals surface area contributed by atoms with Crippen LogP contribution in [0.3, 0.4) is 0 Å². The molecule has 0 aliphatic rings. The normalized spacial score (nSPS) is 15.0. The molecule has 9 heavy (non-hydrogen) atoms. The van der Waals surface area contributed by atoms with Gasteiger partial charge in [0.2, 0.25) is 6.29 Å². The van der Waals surface area contributed by atoms with Crippen molar-refractivity contribution in [3.63, 3.8) is 0 Å². The van der Waals surface area contributed by atoms with Crippen molar-refractivity contribution in [2.75, 3.05) is 0 Å². The van der Waals surface area contributed by atoms with E-state index in [4.69, 9.17) is 5.11 Å². The lowest BCUT2D eigenvalue weighted by Crippen LogP contribution is -2.23. The zero-order valence-corrected chi connectivity index (χ0v) is 4.98. The van der Waals surface area contributed by atoms with Crippen molar-refractivity contribution in [2.24, 2.45) is 0 Å². The fourth-order valence-electron chi connectivity index (χ4n) is 0.157. The van der Waals surface area contributed by atoms with Crippen LogP contribution in [-0.4, -0.2) is 17.7 Å². The van der Waals surface area contributed by atoms with Gasteiger partial charge in [-0.05, 0) is 0 Å². The number of hydrogen-bond acceptors (Lipinski definition) is 6. The Morgan fingerprint density at radius 3 is 2.22 bits per heavy atom. The molecule has 0 aromatic heterocycles. The summed E-state index contributed by atoms with van der Waals surface area (Å²) in [5.41, 5.74) is 0. The molecule has 1 unspecified atom stereocenters. The molecule has 6 nitrogen and oxygen atoms in total. The van der Waals surface area contributed by atoms with Gasteiger partial charge < -0.3 is 24.0 Å². The van der Waals surface area contributed by atoms with Crippen molar-refractivity contribution in [3.05, 3.63) is 0 Å². The Hall–Kier alpha value is -0.260. The van der Waals surface area contributed by atoms with Gasteiger partial charge in [-0.25, -0.2) is 0 Å². The van der Waals surface area contributed by atoms with E-state index in [0.29, 0.717) is 0 Å². The molecular formula is C2H3O6P-2. The van der Waals surface area contributed by atoms with Crippen LogP contribution in [0, 0.1) is 0 Å². The Labute approximate surface area is 50.3 Å².